The largest absolute Gasteiger partial charge is 0.457 e. The maximum absolute atomic E-state index is 5.75. The summed E-state index contributed by atoms with van der Waals surface area (Å²) in [5, 5.41) is 1.08. The molecule has 0 amide bonds. The molecule has 0 saturated carbocycles. The number of ether oxygens (including phenoxy) is 1. The zero-order valence-electron chi connectivity index (χ0n) is 10.1. The minimum Gasteiger partial charge on any atom is -0.457 e. The first-order valence-electron chi connectivity index (χ1n) is 5.80. The third-order valence-corrected chi connectivity index (χ3v) is 2.69. The molecule has 3 N–H and O–H groups in total. The van der Waals surface area contributed by atoms with Gasteiger partial charge < -0.3 is 10.2 Å². The van der Waals surface area contributed by atoms with Gasteiger partial charge in [0.25, 0.3) is 0 Å². The van der Waals surface area contributed by atoms with Crippen LogP contribution in [0.3, 0.4) is 0 Å². The van der Waals surface area contributed by atoms with Gasteiger partial charge in [0.05, 0.1) is 5.52 Å². The summed E-state index contributed by atoms with van der Waals surface area (Å²) in [5.41, 5.74) is 3.37. The maximum atomic E-state index is 5.75. The maximum Gasteiger partial charge on any atom is 0.143 e. The summed E-state index contributed by atoms with van der Waals surface area (Å²) in [5.74, 6) is 7.25. The van der Waals surface area contributed by atoms with E-state index in [0.29, 0.717) is 11.6 Å². The molecule has 0 fully saturated rings. The summed E-state index contributed by atoms with van der Waals surface area (Å²) in [4.78, 5) is 8.31. The molecule has 0 radical (unpaired) electrons. The Morgan fingerprint density at radius 1 is 0.947 bits per heavy atom. The summed E-state index contributed by atoms with van der Waals surface area (Å²) in [7, 11) is 0. The Bertz CT molecular complexity index is 714. The molecule has 0 unspecified atom stereocenters. The number of rotatable bonds is 3. The number of hydrogen-bond acceptors (Lipinski definition) is 5. The van der Waals surface area contributed by atoms with Gasteiger partial charge in [0.2, 0.25) is 0 Å². The summed E-state index contributed by atoms with van der Waals surface area (Å²) in [6.07, 6.45) is 3.39. The molecular weight excluding hydrogens is 240 g/mol. The summed E-state index contributed by atoms with van der Waals surface area (Å²) < 4.78 is 5.75. The second-order valence-electron chi connectivity index (χ2n) is 3.98. The molecule has 3 aromatic rings. The van der Waals surface area contributed by atoms with Crippen LogP contribution < -0.4 is 16.0 Å². The number of hydrazine groups is 1. The molecule has 19 heavy (non-hydrogen) atoms. The van der Waals surface area contributed by atoms with Gasteiger partial charge in [0.1, 0.15) is 17.3 Å². The van der Waals surface area contributed by atoms with Crippen molar-refractivity contribution in [1.82, 2.24) is 9.97 Å². The number of nitrogens with one attached hydrogen (secondary N) is 1. The number of fused-ring (bicyclic) bond motifs is 1. The average molecular weight is 252 g/mol. The predicted octanol–water partition coefficient (Wildman–Crippen LogP) is 2.71. The Morgan fingerprint density at radius 3 is 2.74 bits per heavy atom. The number of benzene rings is 1. The number of anilines is 1. The van der Waals surface area contributed by atoms with Crippen LogP contribution in [-0.4, -0.2) is 9.97 Å². The molecule has 1 aromatic carbocycles. The quantitative estimate of drug-likeness (QED) is 0.554. The first-order valence-corrected chi connectivity index (χ1v) is 5.80. The Balaban J connectivity index is 1.92. The molecule has 5 heteroatoms. The third-order valence-electron chi connectivity index (χ3n) is 2.69. The molecule has 0 aliphatic carbocycles. The fraction of sp³-hybridized carbons (Fsp3) is 0. The van der Waals surface area contributed by atoms with E-state index in [9.17, 15) is 0 Å². The van der Waals surface area contributed by atoms with Crippen molar-refractivity contribution in [3.8, 4) is 11.5 Å². The van der Waals surface area contributed by atoms with Crippen molar-refractivity contribution in [2.45, 2.75) is 0 Å². The number of nitrogens with two attached hydrogens (primary N) is 1. The number of hydrogen-bond donors (Lipinski definition) is 2. The van der Waals surface area contributed by atoms with Gasteiger partial charge in [-0.15, -0.1) is 0 Å². The van der Waals surface area contributed by atoms with Gasteiger partial charge >= 0.3 is 0 Å². The minimum atomic E-state index is 0.552. The van der Waals surface area contributed by atoms with Crippen molar-refractivity contribution in [1.29, 1.82) is 0 Å². The molecule has 3 rings (SSSR count). The van der Waals surface area contributed by atoms with Gasteiger partial charge in [0.15, 0.2) is 0 Å². The molecular formula is C14H12N4O. The van der Waals surface area contributed by atoms with Crippen LogP contribution in [0.4, 0.5) is 5.82 Å². The number of pyridine rings is 2. The fourth-order valence-electron chi connectivity index (χ4n) is 1.80. The van der Waals surface area contributed by atoms with Crippen LogP contribution in [0.25, 0.3) is 10.9 Å². The lowest BCUT2D eigenvalue weighted by atomic mass is 10.2. The van der Waals surface area contributed by atoms with Crippen LogP contribution in [0.1, 0.15) is 0 Å². The highest BCUT2D eigenvalue weighted by Crippen LogP contribution is 2.25. The van der Waals surface area contributed by atoms with Gasteiger partial charge in [-0.2, -0.15) is 0 Å². The van der Waals surface area contributed by atoms with Crippen LogP contribution >= 0.6 is 0 Å². The monoisotopic (exact) mass is 252 g/mol. The standard InChI is InChI=1S/C14H12N4O/c15-18-14-9-12(5-7-17-14)19-11-4-3-10-2-1-6-16-13(10)8-11/h1-9H,15H2,(H,17,18). The van der Waals surface area contributed by atoms with Gasteiger partial charge in [0, 0.05) is 29.9 Å². The van der Waals surface area contributed by atoms with Crippen molar-refractivity contribution in [3.05, 3.63) is 54.9 Å². The number of nitrogens with zero attached hydrogens (tertiary/aromatic N) is 2. The van der Waals surface area contributed by atoms with Gasteiger partial charge in [-0.25, -0.2) is 10.8 Å². The zero-order chi connectivity index (χ0) is 13.1. The van der Waals surface area contributed by atoms with Gasteiger partial charge in [-0.1, -0.05) is 6.07 Å². The van der Waals surface area contributed by atoms with Crippen molar-refractivity contribution < 1.29 is 4.74 Å². The molecule has 0 saturated heterocycles. The molecule has 0 atom stereocenters. The van der Waals surface area contributed by atoms with E-state index in [-0.39, 0.29) is 0 Å². The molecule has 0 spiro atoms. The van der Waals surface area contributed by atoms with E-state index < -0.39 is 0 Å². The fourth-order valence-corrected chi connectivity index (χ4v) is 1.80. The highest BCUT2D eigenvalue weighted by Gasteiger charge is 2.01. The lowest BCUT2D eigenvalue weighted by Gasteiger charge is -2.07. The topological polar surface area (TPSA) is 73.1 Å². The lowest BCUT2D eigenvalue weighted by Crippen LogP contribution is -2.08. The van der Waals surface area contributed by atoms with Gasteiger partial charge in [-0.3, -0.25) is 4.98 Å². The van der Waals surface area contributed by atoms with Crippen molar-refractivity contribution >= 4 is 16.7 Å². The van der Waals surface area contributed by atoms with E-state index >= 15 is 0 Å². The first-order chi connectivity index (χ1) is 9.35. The smallest absolute Gasteiger partial charge is 0.143 e. The predicted molar refractivity (Wildman–Crippen MR) is 73.9 cm³/mol. The summed E-state index contributed by atoms with van der Waals surface area (Å²) in [6.45, 7) is 0. The first kappa shape index (κ1) is 11.4. The van der Waals surface area contributed by atoms with Gasteiger partial charge in [-0.05, 0) is 24.3 Å². The number of nitrogen functional groups attached to an aromatic ring is 1. The van der Waals surface area contributed by atoms with E-state index in [0.717, 1.165) is 16.7 Å². The Morgan fingerprint density at radius 2 is 1.84 bits per heavy atom. The molecule has 2 aromatic heterocycles. The second-order valence-corrected chi connectivity index (χ2v) is 3.98. The Kier molecular flexibility index (Phi) is 2.96. The zero-order valence-corrected chi connectivity index (χ0v) is 10.1. The van der Waals surface area contributed by atoms with Crippen molar-refractivity contribution in [3.63, 3.8) is 0 Å². The minimum absolute atomic E-state index is 0.552. The van der Waals surface area contributed by atoms with E-state index in [2.05, 4.69) is 15.4 Å². The highest BCUT2D eigenvalue weighted by atomic mass is 16.5. The van der Waals surface area contributed by atoms with Crippen LogP contribution in [0, 0.1) is 0 Å². The van der Waals surface area contributed by atoms with E-state index in [4.69, 9.17) is 10.6 Å². The van der Waals surface area contributed by atoms with E-state index in [1.54, 1.807) is 24.5 Å². The normalized spacial score (nSPS) is 10.4. The van der Waals surface area contributed by atoms with Crippen LogP contribution in [-0.2, 0) is 0 Å². The third kappa shape index (κ3) is 2.46. The SMILES string of the molecule is NNc1cc(Oc2ccc3cccnc3c2)ccn1. The number of aromatic nitrogens is 2. The molecule has 2 heterocycles. The molecule has 0 aliphatic heterocycles. The lowest BCUT2D eigenvalue weighted by molar-refractivity contribution is 0.483. The highest BCUT2D eigenvalue weighted by molar-refractivity contribution is 5.79. The summed E-state index contributed by atoms with van der Waals surface area (Å²) in [6, 6.07) is 13.2. The van der Waals surface area contributed by atoms with Crippen LogP contribution in [0.5, 0.6) is 11.5 Å². The second kappa shape index (κ2) is 4.91. The van der Waals surface area contributed by atoms with Crippen molar-refractivity contribution in [2.75, 3.05) is 5.43 Å². The molecule has 94 valence electrons. The molecule has 0 bridgehead atoms. The Labute approximate surface area is 110 Å². The van der Waals surface area contributed by atoms with E-state index in [1.165, 1.54) is 0 Å². The van der Waals surface area contributed by atoms with Crippen LogP contribution in [0.2, 0.25) is 0 Å². The van der Waals surface area contributed by atoms with Crippen LogP contribution in [0.15, 0.2) is 54.9 Å². The Hall–Kier alpha value is -2.66. The van der Waals surface area contributed by atoms with E-state index in [1.807, 2.05) is 30.3 Å². The molecule has 5 nitrogen and oxygen atoms in total. The van der Waals surface area contributed by atoms with Crippen molar-refractivity contribution in [2.24, 2.45) is 5.84 Å². The summed E-state index contributed by atoms with van der Waals surface area (Å²) >= 11 is 0. The average Bonchev–Trinajstić information content (AvgIpc) is 2.47. The molecule has 0 aliphatic rings.